The summed E-state index contributed by atoms with van der Waals surface area (Å²) in [5.74, 6) is 0.377. The van der Waals surface area contributed by atoms with Crippen LogP contribution in [-0.2, 0) is 0 Å². The molecule has 1 aliphatic rings. The van der Waals surface area contributed by atoms with Crippen molar-refractivity contribution in [2.75, 3.05) is 18.4 Å². The Labute approximate surface area is 177 Å². The summed E-state index contributed by atoms with van der Waals surface area (Å²) in [6.45, 7) is 1.99. The van der Waals surface area contributed by atoms with Gasteiger partial charge in [-0.1, -0.05) is 36.4 Å². The Morgan fingerprint density at radius 3 is 2.50 bits per heavy atom. The predicted molar refractivity (Wildman–Crippen MR) is 122 cm³/mol. The summed E-state index contributed by atoms with van der Waals surface area (Å²) in [7, 11) is 2.17. The van der Waals surface area contributed by atoms with E-state index in [1.165, 1.54) is 12.8 Å². The number of anilines is 1. The lowest BCUT2D eigenvalue weighted by atomic mass is 10.0. The normalized spacial score (nSPS) is 16.3. The third-order valence-electron chi connectivity index (χ3n) is 5.62. The van der Waals surface area contributed by atoms with Gasteiger partial charge in [0.1, 0.15) is 5.75 Å². The highest BCUT2D eigenvalue weighted by Crippen LogP contribution is 2.34. The molecule has 3 aromatic rings. The highest BCUT2D eigenvalue weighted by molar-refractivity contribution is 6.04. The number of carbonyl (C=O) groups is 1. The minimum Gasteiger partial charge on any atom is -0.478 e. The fourth-order valence-corrected chi connectivity index (χ4v) is 3.82. The minimum absolute atomic E-state index is 0.239. The van der Waals surface area contributed by atoms with Crippen molar-refractivity contribution in [3.63, 3.8) is 0 Å². The number of carboxylic acids is 1. The monoisotopic (exact) mass is 400 g/mol. The maximum Gasteiger partial charge on any atom is 0.335 e. The number of nitrogens with zero attached hydrogens (tertiary/aromatic N) is 1. The minimum atomic E-state index is -0.948. The van der Waals surface area contributed by atoms with Gasteiger partial charge >= 0.3 is 5.97 Å². The van der Waals surface area contributed by atoms with Gasteiger partial charge in [-0.3, -0.25) is 0 Å². The number of hydrogen-bond donors (Lipinski definition) is 2. The van der Waals surface area contributed by atoms with Gasteiger partial charge in [-0.25, -0.2) is 4.79 Å². The van der Waals surface area contributed by atoms with E-state index < -0.39 is 5.97 Å². The second-order valence-electron chi connectivity index (χ2n) is 7.67. The van der Waals surface area contributed by atoms with Crippen molar-refractivity contribution in [1.29, 1.82) is 0 Å². The van der Waals surface area contributed by atoms with Gasteiger partial charge in [-0.2, -0.15) is 0 Å². The SMILES string of the molecule is BN1CCC[C@H]1CNc1ccc(-c2ccccc2)cc1Oc1ccc(C(=O)O)cc1. The number of hydrogen-bond acceptors (Lipinski definition) is 4. The fraction of sp³-hybridized carbons (Fsp3) is 0.208. The van der Waals surface area contributed by atoms with Crippen LogP contribution in [0, 0.1) is 0 Å². The first-order valence-corrected chi connectivity index (χ1v) is 10.2. The van der Waals surface area contributed by atoms with E-state index >= 15 is 0 Å². The van der Waals surface area contributed by atoms with Gasteiger partial charge in [0.25, 0.3) is 0 Å². The molecule has 1 saturated heterocycles. The zero-order valence-electron chi connectivity index (χ0n) is 17.0. The Hall–Kier alpha value is -3.25. The Bertz CT molecular complexity index is 1010. The van der Waals surface area contributed by atoms with Crippen molar-refractivity contribution in [3.05, 3.63) is 78.4 Å². The van der Waals surface area contributed by atoms with E-state index in [-0.39, 0.29) is 5.56 Å². The summed E-state index contributed by atoms with van der Waals surface area (Å²) < 4.78 is 6.18. The topological polar surface area (TPSA) is 61.8 Å². The Morgan fingerprint density at radius 1 is 1.07 bits per heavy atom. The Kier molecular flexibility index (Phi) is 6.05. The van der Waals surface area contributed by atoms with Gasteiger partial charge < -0.3 is 20.0 Å². The maximum absolute atomic E-state index is 11.1. The van der Waals surface area contributed by atoms with Crippen LogP contribution in [-0.4, -0.2) is 43.0 Å². The molecule has 3 aromatic carbocycles. The molecule has 2 N–H and O–H groups in total. The van der Waals surface area contributed by atoms with Crippen LogP contribution in [0.1, 0.15) is 23.2 Å². The molecule has 0 spiro atoms. The van der Waals surface area contributed by atoms with Crippen molar-refractivity contribution >= 4 is 19.6 Å². The molecular formula is C24H25BN2O3. The molecule has 0 saturated carbocycles. The van der Waals surface area contributed by atoms with Gasteiger partial charge in [0, 0.05) is 12.6 Å². The number of ether oxygens (including phenoxy) is 1. The lowest BCUT2D eigenvalue weighted by Gasteiger charge is -2.22. The van der Waals surface area contributed by atoms with E-state index in [2.05, 4.69) is 42.4 Å². The third kappa shape index (κ3) is 4.66. The van der Waals surface area contributed by atoms with Gasteiger partial charge in [-0.05, 0) is 66.9 Å². The predicted octanol–water partition coefficient (Wildman–Crippen LogP) is 4.27. The van der Waals surface area contributed by atoms with E-state index in [1.54, 1.807) is 24.3 Å². The number of benzene rings is 3. The van der Waals surface area contributed by atoms with Crippen LogP contribution in [0.3, 0.4) is 0 Å². The summed E-state index contributed by atoms with van der Waals surface area (Å²) in [4.78, 5) is 13.5. The molecule has 5 nitrogen and oxygen atoms in total. The molecule has 0 amide bonds. The van der Waals surface area contributed by atoms with E-state index in [0.29, 0.717) is 11.8 Å². The lowest BCUT2D eigenvalue weighted by Crippen LogP contribution is -2.32. The molecule has 6 heteroatoms. The van der Waals surface area contributed by atoms with Crippen LogP contribution >= 0.6 is 0 Å². The van der Waals surface area contributed by atoms with Gasteiger partial charge in [-0.15, -0.1) is 0 Å². The first-order valence-electron chi connectivity index (χ1n) is 10.2. The van der Waals surface area contributed by atoms with E-state index in [0.717, 1.165) is 35.7 Å². The molecule has 0 unspecified atom stereocenters. The van der Waals surface area contributed by atoms with Gasteiger partial charge in [0.15, 0.2) is 13.7 Å². The van der Waals surface area contributed by atoms with E-state index in [1.807, 2.05) is 24.3 Å². The standard InChI is InChI=1S/C24H25BN2O3/c25-27-14-4-7-20(27)16-26-22-13-10-19(17-5-2-1-3-6-17)15-23(22)30-21-11-8-18(9-12-21)24(28)29/h1-3,5-6,8-13,15,20,26H,4,7,14,16,25H2,(H,28,29)/t20-/m0/s1. The Balaban J connectivity index is 1.60. The van der Waals surface area contributed by atoms with Gasteiger partial charge in [0.2, 0.25) is 0 Å². The van der Waals surface area contributed by atoms with Crippen LogP contribution in [0.5, 0.6) is 11.5 Å². The smallest absolute Gasteiger partial charge is 0.335 e. The Morgan fingerprint density at radius 2 is 1.83 bits per heavy atom. The summed E-state index contributed by atoms with van der Waals surface area (Å²) in [5.41, 5.74) is 3.35. The summed E-state index contributed by atoms with van der Waals surface area (Å²) in [6.07, 6.45) is 2.42. The van der Waals surface area contributed by atoms with Crippen LogP contribution in [0.15, 0.2) is 72.8 Å². The fourth-order valence-electron chi connectivity index (χ4n) is 3.82. The van der Waals surface area contributed by atoms with Gasteiger partial charge in [0.05, 0.1) is 11.3 Å². The molecule has 4 rings (SSSR count). The average Bonchev–Trinajstić information content (AvgIpc) is 3.18. The van der Waals surface area contributed by atoms with Crippen LogP contribution in [0.4, 0.5) is 5.69 Å². The quantitative estimate of drug-likeness (QED) is 0.580. The molecule has 152 valence electrons. The number of nitrogens with one attached hydrogen (secondary N) is 1. The molecule has 30 heavy (non-hydrogen) atoms. The van der Waals surface area contributed by atoms with Crippen LogP contribution in [0.2, 0.25) is 0 Å². The molecule has 0 aliphatic carbocycles. The molecule has 0 radical (unpaired) electrons. The summed E-state index contributed by atoms with van der Waals surface area (Å²) in [6, 6.07) is 23.4. The zero-order chi connectivity index (χ0) is 20.9. The zero-order valence-corrected chi connectivity index (χ0v) is 17.0. The van der Waals surface area contributed by atoms with Crippen LogP contribution < -0.4 is 10.1 Å². The third-order valence-corrected chi connectivity index (χ3v) is 5.62. The molecule has 1 aliphatic heterocycles. The number of aromatic carboxylic acids is 1. The average molecular weight is 400 g/mol. The first kappa shape index (κ1) is 20.0. The summed E-state index contributed by atoms with van der Waals surface area (Å²) in [5, 5.41) is 12.7. The second kappa shape index (κ2) is 9.05. The molecule has 1 atom stereocenters. The van der Waals surface area contributed by atoms with Crippen LogP contribution in [0.25, 0.3) is 11.1 Å². The maximum atomic E-state index is 11.1. The molecular weight excluding hydrogens is 375 g/mol. The highest BCUT2D eigenvalue weighted by Gasteiger charge is 2.20. The van der Waals surface area contributed by atoms with Crippen molar-refractivity contribution in [2.45, 2.75) is 18.9 Å². The van der Waals surface area contributed by atoms with Crippen molar-refractivity contribution in [3.8, 4) is 22.6 Å². The van der Waals surface area contributed by atoms with E-state index in [9.17, 15) is 4.79 Å². The summed E-state index contributed by atoms with van der Waals surface area (Å²) >= 11 is 0. The molecule has 0 bridgehead atoms. The number of carboxylic acid groups (broad SMARTS) is 1. The van der Waals surface area contributed by atoms with Crippen molar-refractivity contribution in [2.24, 2.45) is 0 Å². The number of rotatable bonds is 7. The molecule has 1 fully saturated rings. The highest BCUT2D eigenvalue weighted by atomic mass is 16.5. The first-order chi connectivity index (χ1) is 14.6. The molecule has 0 aromatic heterocycles. The van der Waals surface area contributed by atoms with Crippen molar-refractivity contribution in [1.82, 2.24) is 4.81 Å². The van der Waals surface area contributed by atoms with Crippen molar-refractivity contribution < 1.29 is 14.6 Å². The second-order valence-corrected chi connectivity index (χ2v) is 7.67. The lowest BCUT2D eigenvalue weighted by molar-refractivity contribution is 0.0697. The molecule has 1 heterocycles. The van der Waals surface area contributed by atoms with E-state index in [4.69, 9.17) is 9.84 Å². The largest absolute Gasteiger partial charge is 0.478 e.